The van der Waals surface area contributed by atoms with Gasteiger partial charge in [-0.25, -0.2) is 0 Å². The Morgan fingerprint density at radius 1 is 1.06 bits per heavy atom. The number of nitrogen functional groups attached to an aromatic ring is 1. The van der Waals surface area contributed by atoms with E-state index in [1.807, 2.05) is 6.07 Å². The molecule has 0 saturated carbocycles. The molecule has 0 aliphatic carbocycles. The van der Waals surface area contributed by atoms with Crippen LogP contribution in [0.4, 0.5) is 5.69 Å². The van der Waals surface area contributed by atoms with Crippen molar-refractivity contribution >= 4 is 5.69 Å². The van der Waals surface area contributed by atoms with Crippen molar-refractivity contribution in [2.75, 3.05) is 19.3 Å². The molecule has 2 nitrogen and oxygen atoms in total. The fraction of sp³-hybridized carbons (Fsp3) is 0.250. The molecule has 0 bridgehead atoms. The van der Waals surface area contributed by atoms with Gasteiger partial charge >= 0.3 is 0 Å². The van der Waals surface area contributed by atoms with E-state index in [1.54, 1.807) is 0 Å². The highest BCUT2D eigenvalue weighted by Gasteiger charge is 2.25. The van der Waals surface area contributed by atoms with Gasteiger partial charge in [-0.3, -0.25) is 0 Å². The Bertz CT molecular complexity index is 548. The first-order valence-electron chi connectivity index (χ1n) is 6.36. The number of likely N-dealkylation sites (N-methyl/N-ethyl adjacent to an activating group) is 1. The van der Waals surface area contributed by atoms with Gasteiger partial charge in [0.05, 0.1) is 0 Å². The quantitative estimate of drug-likeness (QED) is 0.773. The molecule has 2 heteroatoms. The Hall–Kier alpha value is -1.80. The molecular formula is C16H18N2. The van der Waals surface area contributed by atoms with Gasteiger partial charge in [-0.15, -0.1) is 0 Å². The van der Waals surface area contributed by atoms with Crippen molar-refractivity contribution in [3.8, 4) is 0 Å². The number of nitrogens with two attached hydrogens (primary N) is 1. The standard InChI is InChI=1S/C16H18N2/c1-18-10-14(12-6-3-2-4-7-12)13-8-5-9-16(17)15(13)11-18/h2-9,14H,10-11,17H2,1H3/i1-1. The van der Waals surface area contributed by atoms with Crippen LogP contribution in [0.3, 0.4) is 0 Å². The Morgan fingerprint density at radius 2 is 1.83 bits per heavy atom. The van der Waals surface area contributed by atoms with Crippen molar-refractivity contribution in [3.05, 3.63) is 65.2 Å². The molecule has 2 aromatic rings. The maximum absolute atomic E-state index is 6.12. The van der Waals surface area contributed by atoms with E-state index < -0.39 is 0 Å². The highest BCUT2D eigenvalue weighted by molar-refractivity contribution is 5.54. The summed E-state index contributed by atoms with van der Waals surface area (Å²) < 4.78 is 0. The summed E-state index contributed by atoms with van der Waals surface area (Å²) in [6.45, 7) is 2.01. The van der Waals surface area contributed by atoms with Gasteiger partial charge in [-0.2, -0.15) is 0 Å². The molecule has 1 unspecified atom stereocenters. The van der Waals surface area contributed by atoms with Crippen LogP contribution >= 0.6 is 0 Å². The molecule has 3 rings (SSSR count). The summed E-state index contributed by atoms with van der Waals surface area (Å²) in [4.78, 5) is 2.34. The predicted molar refractivity (Wildman–Crippen MR) is 75.5 cm³/mol. The average Bonchev–Trinajstić information content (AvgIpc) is 2.40. The molecule has 1 heterocycles. The number of hydrogen-bond donors (Lipinski definition) is 1. The number of benzene rings is 2. The van der Waals surface area contributed by atoms with Gasteiger partial charge in [0.2, 0.25) is 0 Å². The van der Waals surface area contributed by atoms with Crippen LogP contribution in [-0.2, 0) is 6.54 Å². The zero-order valence-electron chi connectivity index (χ0n) is 10.6. The lowest BCUT2D eigenvalue weighted by Crippen LogP contribution is -2.31. The van der Waals surface area contributed by atoms with E-state index in [-0.39, 0.29) is 0 Å². The molecule has 0 fully saturated rings. The van der Waals surface area contributed by atoms with Gasteiger partial charge in [0.25, 0.3) is 0 Å². The second-order valence-corrected chi connectivity index (χ2v) is 5.08. The number of hydrogen-bond acceptors (Lipinski definition) is 2. The molecule has 1 aliphatic rings. The third kappa shape index (κ3) is 1.89. The maximum Gasteiger partial charge on any atom is 0.0362 e. The minimum Gasteiger partial charge on any atom is -0.398 e. The van der Waals surface area contributed by atoms with E-state index in [0.29, 0.717) is 5.92 Å². The predicted octanol–water partition coefficient (Wildman–Crippen LogP) is 2.85. The summed E-state index contributed by atoms with van der Waals surface area (Å²) in [6.07, 6.45) is 0. The van der Waals surface area contributed by atoms with Crippen LogP contribution < -0.4 is 5.73 Å². The Kier molecular flexibility index (Phi) is 2.80. The SMILES string of the molecule is [11CH3]N1Cc2c(N)cccc2C(c2ccccc2)C1. The van der Waals surface area contributed by atoms with Crippen LogP contribution in [-0.4, -0.2) is 18.5 Å². The number of rotatable bonds is 1. The van der Waals surface area contributed by atoms with Gasteiger partial charge in [-0.05, 0) is 29.8 Å². The Balaban J connectivity index is 2.11. The lowest BCUT2D eigenvalue weighted by molar-refractivity contribution is 0.296. The lowest BCUT2D eigenvalue weighted by atomic mass is 9.83. The first-order chi connectivity index (χ1) is 8.75. The van der Waals surface area contributed by atoms with Crippen LogP contribution in [0.15, 0.2) is 48.5 Å². The van der Waals surface area contributed by atoms with Crippen molar-refractivity contribution in [2.45, 2.75) is 12.5 Å². The summed E-state index contributed by atoms with van der Waals surface area (Å²) in [6, 6.07) is 17.0. The van der Waals surface area contributed by atoms with E-state index in [9.17, 15) is 0 Å². The fourth-order valence-electron chi connectivity index (χ4n) is 2.85. The third-order valence-electron chi connectivity index (χ3n) is 3.75. The first kappa shape index (κ1) is 11.3. The summed E-state index contributed by atoms with van der Waals surface area (Å²) in [5.74, 6) is 0.434. The van der Waals surface area contributed by atoms with Gasteiger partial charge in [-0.1, -0.05) is 42.5 Å². The maximum atomic E-state index is 6.12. The Labute approximate surface area is 108 Å². The normalized spacial score (nSPS) is 19.5. The van der Waals surface area contributed by atoms with Crippen molar-refractivity contribution in [2.24, 2.45) is 0 Å². The Morgan fingerprint density at radius 3 is 2.61 bits per heavy atom. The van der Waals surface area contributed by atoms with E-state index >= 15 is 0 Å². The molecule has 1 aliphatic heterocycles. The van der Waals surface area contributed by atoms with Gasteiger partial charge in [0.15, 0.2) is 0 Å². The minimum absolute atomic E-state index is 0.434. The van der Waals surface area contributed by atoms with Crippen LogP contribution in [0.5, 0.6) is 0 Å². The summed E-state index contributed by atoms with van der Waals surface area (Å²) >= 11 is 0. The largest absolute Gasteiger partial charge is 0.398 e. The lowest BCUT2D eigenvalue weighted by Gasteiger charge is -2.33. The van der Waals surface area contributed by atoms with Crippen molar-refractivity contribution < 1.29 is 0 Å². The van der Waals surface area contributed by atoms with E-state index in [2.05, 4.69) is 54.4 Å². The van der Waals surface area contributed by atoms with Gasteiger partial charge < -0.3 is 10.6 Å². The molecule has 0 aromatic heterocycles. The molecule has 1 atom stereocenters. The minimum atomic E-state index is 0.434. The second kappa shape index (κ2) is 4.46. The topological polar surface area (TPSA) is 29.3 Å². The van der Waals surface area contributed by atoms with E-state index in [0.717, 1.165) is 18.8 Å². The van der Waals surface area contributed by atoms with Gasteiger partial charge in [0.1, 0.15) is 0 Å². The van der Waals surface area contributed by atoms with Crippen LogP contribution in [0.25, 0.3) is 0 Å². The zero-order chi connectivity index (χ0) is 12.5. The number of fused-ring (bicyclic) bond motifs is 1. The van der Waals surface area contributed by atoms with Crippen LogP contribution in [0, 0.1) is 0 Å². The fourth-order valence-corrected chi connectivity index (χ4v) is 2.85. The monoisotopic (exact) mass is 237 g/mol. The zero-order valence-corrected chi connectivity index (χ0v) is 10.6. The summed E-state index contributed by atoms with van der Waals surface area (Å²) in [5, 5.41) is 0. The number of nitrogens with zero attached hydrogens (tertiary/aromatic N) is 1. The summed E-state index contributed by atoms with van der Waals surface area (Å²) in [5.41, 5.74) is 11.1. The molecule has 0 spiro atoms. The number of anilines is 1. The molecule has 18 heavy (non-hydrogen) atoms. The van der Waals surface area contributed by atoms with Crippen LogP contribution in [0.2, 0.25) is 0 Å². The van der Waals surface area contributed by atoms with E-state index in [4.69, 9.17) is 5.73 Å². The molecule has 2 N–H and O–H groups in total. The molecular weight excluding hydrogens is 219 g/mol. The first-order valence-corrected chi connectivity index (χ1v) is 6.36. The summed E-state index contributed by atoms with van der Waals surface area (Å²) in [7, 11) is 2.16. The molecule has 0 radical (unpaired) electrons. The highest BCUT2D eigenvalue weighted by Crippen LogP contribution is 2.35. The van der Waals surface area contributed by atoms with E-state index in [1.165, 1.54) is 16.7 Å². The third-order valence-corrected chi connectivity index (χ3v) is 3.75. The van der Waals surface area contributed by atoms with Gasteiger partial charge in [0, 0.05) is 24.7 Å². The van der Waals surface area contributed by atoms with Crippen molar-refractivity contribution in [1.29, 1.82) is 0 Å². The molecule has 0 amide bonds. The average molecular weight is 237 g/mol. The van der Waals surface area contributed by atoms with Crippen molar-refractivity contribution in [3.63, 3.8) is 0 Å². The highest BCUT2D eigenvalue weighted by atomic mass is 15.0. The smallest absolute Gasteiger partial charge is 0.0362 e. The molecule has 0 saturated heterocycles. The van der Waals surface area contributed by atoms with Crippen LogP contribution in [0.1, 0.15) is 22.6 Å². The molecule has 92 valence electrons. The molecule has 2 aromatic carbocycles. The van der Waals surface area contributed by atoms with Crippen molar-refractivity contribution in [1.82, 2.24) is 4.90 Å². The second-order valence-electron chi connectivity index (χ2n) is 5.08.